The number of aromatic nitrogens is 2. The van der Waals surface area contributed by atoms with E-state index in [0.29, 0.717) is 12.1 Å². The quantitative estimate of drug-likeness (QED) is 0.575. The molecule has 0 amide bonds. The van der Waals surface area contributed by atoms with Gasteiger partial charge >= 0.3 is 6.18 Å². The van der Waals surface area contributed by atoms with Crippen molar-refractivity contribution in [3.8, 4) is 0 Å². The molecule has 1 aromatic carbocycles. The smallest absolute Gasteiger partial charge is 0.367 e. The molecule has 2 bridgehead atoms. The van der Waals surface area contributed by atoms with Gasteiger partial charge in [0.2, 0.25) is 5.95 Å². The first kappa shape index (κ1) is 21.9. The molecule has 0 radical (unpaired) electrons. The molecule has 2 aliphatic heterocycles. The van der Waals surface area contributed by atoms with E-state index in [1.807, 2.05) is 12.1 Å². The highest BCUT2D eigenvalue weighted by atomic mass is 35.5. The van der Waals surface area contributed by atoms with Gasteiger partial charge in [0.1, 0.15) is 11.4 Å². The summed E-state index contributed by atoms with van der Waals surface area (Å²) in [6.45, 7) is 0. The summed E-state index contributed by atoms with van der Waals surface area (Å²) in [6, 6.07) is 6.91. The number of nitrogens with one attached hydrogen (secondary N) is 3. The van der Waals surface area contributed by atoms with E-state index in [2.05, 4.69) is 32.0 Å². The Morgan fingerprint density at radius 3 is 2.38 bits per heavy atom. The van der Waals surface area contributed by atoms with Crippen molar-refractivity contribution in [1.82, 2.24) is 15.3 Å². The van der Waals surface area contributed by atoms with Crippen LogP contribution in [0.1, 0.15) is 60.9 Å². The normalized spacial score (nSPS) is 22.2. The van der Waals surface area contributed by atoms with E-state index in [1.165, 1.54) is 11.1 Å². The molecule has 1 aliphatic carbocycles. The van der Waals surface area contributed by atoms with E-state index in [9.17, 15) is 13.2 Å². The van der Waals surface area contributed by atoms with Crippen LogP contribution in [0.4, 0.5) is 30.6 Å². The van der Waals surface area contributed by atoms with Gasteiger partial charge < -0.3 is 16.0 Å². The highest BCUT2D eigenvalue weighted by molar-refractivity contribution is 5.85. The maximum absolute atomic E-state index is 13.3. The third-order valence-electron chi connectivity index (χ3n) is 5.78. The zero-order valence-corrected chi connectivity index (χ0v) is 17.1. The minimum atomic E-state index is -4.48. The van der Waals surface area contributed by atoms with E-state index in [4.69, 9.17) is 0 Å². The summed E-state index contributed by atoms with van der Waals surface area (Å²) in [5.41, 5.74) is 2.54. The fourth-order valence-corrected chi connectivity index (χ4v) is 4.14. The Kier molecular flexibility index (Phi) is 6.17. The molecule has 1 aromatic heterocycles. The average Bonchev–Trinajstić information content (AvgIpc) is 3.19. The summed E-state index contributed by atoms with van der Waals surface area (Å²) in [5.74, 6) is 0.0208. The number of hydrogen-bond donors (Lipinski definition) is 3. The van der Waals surface area contributed by atoms with Gasteiger partial charge in [0.15, 0.2) is 0 Å². The van der Waals surface area contributed by atoms with Crippen LogP contribution in [0.2, 0.25) is 0 Å². The maximum atomic E-state index is 13.3. The molecule has 29 heavy (non-hydrogen) atoms. The van der Waals surface area contributed by atoms with Gasteiger partial charge in [-0.3, -0.25) is 0 Å². The van der Waals surface area contributed by atoms with Crippen molar-refractivity contribution in [2.75, 3.05) is 10.6 Å². The van der Waals surface area contributed by atoms with Crippen LogP contribution in [0.25, 0.3) is 0 Å². The summed E-state index contributed by atoms with van der Waals surface area (Å²) in [6.07, 6.45) is 1.40. The minimum Gasteiger partial charge on any atom is -0.367 e. The lowest BCUT2D eigenvalue weighted by Gasteiger charge is -2.28. The van der Waals surface area contributed by atoms with Gasteiger partial charge in [-0.2, -0.15) is 18.2 Å². The first-order valence-electron chi connectivity index (χ1n) is 9.35. The Morgan fingerprint density at radius 1 is 1.00 bits per heavy atom. The van der Waals surface area contributed by atoms with E-state index in [-0.39, 0.29) is 42.6 Å². The Balaban J connectivity index is 0.00000120. The molecular formula is C19H22Cl2F3N5. The highest BCUT2D eigenvalue weighted by Crippen LogP contribution is 2.45. The molecule has 158 valence electrons. The van der Waals surface area contributed by atoms with Crippen LogP contribution in [0.15, 0.2) is 24.4 Å². The van der Waals surface area contributed by atoms with Gasteiger partial charge in [0, 0.05) is 30.0 Å². The fraction of sp³-hybridized carbons (Fsp3) is 0.474. The maximum Gasteiger partial charge on any atom is 0.421 e. The SMILES string of the molecule is Cl.Cl.FC(F)(F)c1cnc(Nc2ccc3c(c2)C2CCC3N2)nc1NC1CCC1. The summed E-state index contributed by atoms with van der Waals surface area (Å²) in [7, 11) is 0. The molecule has 2 unspecified atom stereocenters. The molecular weight excluding hydrogens is 426 g/mol. The van der Waals surface area contributed by atoms with Gasteiger partial charge in [-0.05, 0) is 55.4 Å². The van der Waals surface area contributed by atoms with E-state index < -0.39 is 11.7 Å². The molecule has 3 heterocycles. The van der Waals surface area contributed by atoms with Gasteiger partial charge in [0.25, 0.3) is 0 Å². The van der Waals surface area contributed by atoms with Crippen LogP contribution in [-0.2, 0) is 6.18 Å². The molecule has 2 aromatic rings. The van der Waals surface area contributed by atoms with Crippen molar-refractivity contribution in [2.24, 2.45) is 0 Å². The van der Waals surface area contributed by atoms with Crippen molar-refractivity contribution in [2.45, 2.75) is 56.4 Å². The standard InChI is InChI=1S/C19H20F3N5.2ClH/c20-19(21,22)14-9-23-18(27-17(14)24-10-2-1-3-10)25-11-4-5-12-13(8-11)16-7-6-15(12)26-16;;/h4-5,8-10,15-16,26H,1-3,6-7H2,(H2,23,24,25,27);2*1H. The van der Waals surface area contributed by atoms with Crippen LogP contribution in [0.5, 0.6) is 0 Å². The Bertz CT molecular complexity index is 889. The van der Waals surface area contributed by atoms with Gasteiger partial charge in [-0.25, -0.2) is 4.98 Å². The predicted molar refractivity (Wildman–Crippen MR) is 110 cm³/mol. The Morgan fingerprint density at radius 2 is 1.72 bits per heavy atom. The zero-order chi connectivity index (χ0) is 18.6. The lowest BCUT2D eigenvalue weighted by Crippen LogP contribution is -2.29. The second kappa shape index (κ2) is 8.16. The first-order valence-corrected chi connectivity index (χ1v) is 9.35. The lowest BCUT2D eigenvalue weighted by molar-refractivity contribution is -0.137. The molecule has 1 saturated carbocycles. The van der Waals surface area contributed by atoms with Gasteiger partial charge in [0.05, 0.1) is 0 Å². The summed E-state index contributed by atoms with van der Waals surface area (Å²) < 4.78 is 39.8. The number of benzene rings is 1. The molecule has 2 atom stereocenters. The van der Waals surface area contributed by atoms with Crippen molar-refractivity contribution >= 4 is 42.3 Å². The number of hydrogen-bond acceptors (Lipinski definition) is 5. The lowest BCUT2D eigenvalue weighted by atomic mass is 9.91. The number of nitrogens with zero attached hydrogens (tertiary/aromatic N) is 2. The van der Waals surface area contributed by atoms with E-state index in [1.54, 1.807) is 0 Å². The Hall–Kier alpha value is -1.77. The van der Waals surface area contributed by atoms with Crippen LogP contribution in [0.3, 0.4) is 0 Å². The first-order chi connectivity index (χ1) is 13.0. The highest BCUT2D eigenvalue weighted by Gasteiger charge is 2.37. The fourth-order valence-electron chi connectivity index (χ4n) is 4.14. The molecule has 5 rings (SSSR count). The van der Waals surface area contributed by atoms with Gasteiger partial charge in [-0.15, -0.1) is 24.8 Å². The summed E-state index contributed by atoms with van der Waals surface area (Å²) >= 11 is 0. The minimum absolute atomic E-state index is 0. The largest absolute Gasteiger partial charge is 0.421 e. The topological polar surface area (TPSA) is 61.9 Å². The van der Waals surface area contributed by atoms with Gasteiger partial charge in [-0.1, -0.05) is 6.07 Å². The number of rotatable bonds is 4. The number of fused-ring (bicyclic) bond motifs is 5. The van der Waals surface area contributed by atoms with E-state index >= 15 is 0 Å². The Labute approximate surface area is 179 Å². The van der Waals surface area contributed by atoms with Crippen molar-refractivity contribution in [3.05, 3.63) is 41.1 Å². The van der Waals surface area contributed by atoms with Crippen LogP contribution in [0, 0.1) is 0 Å². The number of anilines is 3. The molecule has 3 aliphatic rings. The number of halogens is 5. The van der Waals surface area contributed by atoms with Crippen LogP contribution < -0.4 is 16.0 Å². The third kappa shape index (κ3) is 4.11. The van der Waals surface area contributed by atoms with Crippen LogP contribution >= 0.6 is 24.8 Å². The average molecular weight is 448 g/mol. The van der Waals surface area contributed by atoms with Crippen molar-refractivity contribution in [1.29, 1.82) is 0 Å². The molecule has 5 nitrogen and oxygen atoms in total. The van der Waals surface area contributed by atoms with E-state index in [0.717, 1.165) is 44.0 Å². The molecule has 2 fully saturated rings. The summed E-state index contributed by atoms with van der Waals surface area (Å²) in [4.78, 5) is 8.02. The van der Waals surface area contributed by atoms with Crippen LogP contribution in [-0.4, -0.2) is 16.0 Å². The van der Waals surface area contributed by atoms with Crippen molar-refractivity contribution < 1.29 is 13.2 Å². The molecule has 1 saturated heterocycles. The second-order valence-electron chi connectivity index (χ2n) is 7.54. The second-order valence-corrected chi connectivity index (χ2v) is 7.54. The van der Waals surface area contributed by atoms with Crippen molar-refractivity contribution in [3.63, 3.8) is 0 Å². The molecule has 0 spiro atoms. The third-order valence-corrected chi connectivity index (χ3v) is 5.78. The zero-order valence-electron chi connectivity index (χ0n) is 15.4. The summed E-state index contributed by atoms with van der Waals surface area (Å²) in [5, 5.41) is 9.54. The molecule has 10 heteroatoms. The molecule has 3 N–H and O–H groups in total. The number of alkyl halides is 3. The monoisotopic (exact) mass is 447 g/mol. The predicted octanol–water partition coefficient (Wildman–Crippen LogP) is 5.53.